The highest BCUT2D eigenvalue weighted by Gasteiger charge is 2.24. The lowest BCUT2D eigenvalue weighted by Gasteiger charge is -2.16. The molecule has 1 atom stereocenters. The molecule has 0 bridgehead atoms. The van der Waals surface area contributed by atoms with E-state index in [0.717, 1.165) is 24.8 Å². The third-order valence-electron chi connectivity index (χ3n) is 3.62. The zero-order valence-electron chi connectivity index (χ0n) is 12.9. The molecule has 0 saturated carbocycles. The highest BCUT2D eigenvalue weighted by atomic mass is 32.1. The van der Waals surface area contributed by atoms with Gasteiger partial charge in [-0.3, -0.25) is 4.79 Å². The molecule has 1 aliphatic carbocycles. The number of carbonyl (C=O) groups excluding carboxylic acids is 2. The Morgan fingerprint density at radius 2 is 2.00 bits per heavy atom. The number of rotatable bonds is 5. The van der Waals surface area contributed by atoms with Crippen LogP contribution in [0.1, 0.15) is 54.4 Å². The minimum Gasteiger partial charge on any atom is -0.449 e. The van der Waals surface area contributed by atoms with Crippen LogP contribution in [0.3, 0.4) is 0 Å². The standard InChI is InChI=1S/C16H23NO3S/c1-10(2)8-17-15(18)11(3)20-16(19)13-9-21-14-7-5-4-6-12(13)14/h9-11H,4-8H2,1-3H3,(H,17,18)/t11-/m1/s1. The molecule has 1 aromatic heterocycles. The zero-order chi connectivity index (χ0) is 15.4. The van der Waals surface area contributed by atoms with Gasteiger partial charge in [-0.25, -0.2) is 4.79 Å². The van der Waals surface area contributed by atoms with Crippen LogP contribution in [0.25, 0.3) is 0 Å². The fourth-order valence-corrected chi connectivity index (χ4v) is 3.51. The van der Waals surface area contributed by atoms with Crippen LogP contribution in [-0.2, 0) is 22.4 Å². The molecule has 0 saturated heterocycles. The number of ether oxygens (including phenoxy) is 1. The van der Waals surface area contributed by atoms with Crippen molar-refractivity contribution < 1.29 is 14.3 Å². The summed E-state index contributed by atoms with van der Waals surface area (Å²) in [6.07, 6.45) is 3.55. The maximum atomic E-state index is 12.2. The maximum absolute atomic E-state index is 12.2. The smallest absolute Gasteiger partial charge is 0.340 e. The van der Waals surface area contributed by atoms with E-state index < -0.39 is 6.10 Å². The third-order valence-corrected chi connectivity index (χ3v) is 4.71. The second-order valence-corrected chi connectivity index (χ2v) is 6.91. The number of aryl methyl sites for hydroxylation is 1. The number of nitrogens with one attached hydrogen (secondary N) is 1. The van der Waals surface area contributed by atoms with Crippen LogP contribution in [0.4, 0.5) is 0 Å². The minimum absolute atomic E-state index is 0.235. The first-order chi connectivity index (χ1) is 9.99. The second kappa shape index (κ2) is 7.07. The second-order valence-electron chi connectivity index (χ2n) is 5.94. The molecule has 2 rings (SSSR count). The van der Waals surface area contributed by atoms with Crippen molar-refractivity contribution in [2.75, 3.05) is 6.54 Å². The molecule has 4 nitrogen and oxygen atoms in total. The van der Waals surface area contributed by atoms with Gasteiger partial charge in [-0.15, -0.1) is 11.3 Å². The normalized spacial score (nSPS) is 15.4. The van der Waals surface area contributed by atoms with Crippen LogP contribution in [0.5, 0.6) is 0 Å². The molecule has 5 heteroatoms. The van der Waals surface area contributed by atoms with Gasteiger partial charge in [0.05, 0.1) is 5.56 Å². The summed E-state index contributed by atoms with van der Waals surface area (Å²) in [5.74, 6) is -0.233. The molecule has 1 aromatic rings. The molecular formula is C16H23NO3S. The van der Waals surface area contributed by atoms with E-state index in [0.29, 0.717) is 18.0 Å². The average Bonchev–Trinajstić information content (AvgIpc) is 2.88. The van der Waals surface area contributed by atoms with Crippen LogP contribution >= 0.6 is 11.3 Å². The highest BCUT2D eigenvalue weighted by Crippen LogP contribution is 2.30. The Kier molecular flexibility index (Phi) is 5.39. The molecule has 0 radical (unpaired) electrons. The number of thiophene rings is 1. The van der Waals surface area contributed by atoms with E-state index in [1.807, 2.05) is 19.2 Å². The topological polar surface area (TPSA) is 55.4 Å². The predicted octanol–water partition coefficient (Wildman–Crippen LogP) is 2.94. The van der Waals surface area contributed by atoms with Gasteiger partial charge in [0.1, 0.15) is 0 Å². The molecule has 0 fully saturated rings. The lowest BCUT2D eigenvalue weighted by Crippen LogP contribution is -2.37. The van der Waals surface area contributed by atoms with Gasteiger partial charge < -0.3 is 10.1 Å². The van der Waals surface area contributed by atoms with Gasteiger partial charge in [0, 0.05) is 16.8 Å². The number of esters is 1. The van der Waals surface area contributed by atoms with Crippen LogP contribution in [-0.4, -0.2) is 24.5 Å². The number of fused-ring (bicyclic) bond motifs is 1. The van der Waals surface area contributed by atoms with E-state index in [9.17, 15) is 9.59 Å². The summed E-state index contributed by atoms with van der Waals surface area (Å²) in [4.78, 5) is 25.4. The highest BCUT2D eigenvalue weighted by molar-refractivity contribution is 7.10. The fraction of sp³-hybridized carbons (Fsp3) is 0.625. The van der Waals surface area contributed by atoms with Gasteiger partial charge in [-0.2, -0.15) is 0 Å². The SMILES string of the molecule is CC(C)CNC(=O)[C@@H](C)OC(=O)c1csc2c1CCCC2. The van der Waals surface area contributed by atoms with Gasteiger partial charge in [0.2, 0.25) is 0 Å². The van der Waals surface area contributed by atoms with E-state index in [-0.39, 0.29) is 11.9 Å². The molecule has 116 valence electrons. The average molecular weight is 309 g/mol. The van der Waals surface area contributed by atoms with Crippen LogP contribution < -0.4 is 5.32 Å². The van der Waals surface area contributed by atoms with Crippen molar-refractivity contribution in [2.45, 2.75) is 52.6 Å². The summed E-state index contributed by atoms with van der Waals surface area (Å²) in [5, 5.41) is 4.65. The van der Waals surface area contributed by atoms with Crippen molar-refractivity contribution >= 4 is 23.2 Å². The first kappa shape index (κ1) is 16.0. The number of amides is 1. The molecule has 1 N–H and O–H groups in total. The third kappa shape index (κ3) is 4.06. The molecule has 0 aliphatic heterocycles. The van der Waals surface area contributed by atoms with Crippen molar-refractivity contribution in [3.63, 3.8) is 0 Å². The Hall–Kier alpha value is -1.36. The summed E-state index contributed by atoms with van der Waals surface area (Å²) in [5.41, 5.74) is 1.78. The van der Waals surface area contributed by atoms with Crippen LogP contribution in [0, 0.1) is 5.92 Å². The van der Waals surface area contributed by atoms with Crippen molar-refractivity contribution in [1.82, 2.24) is 5.32 Å². The van der Waals surface area contributed by atoms with Crippen LogP contribution in [0.2, 0.25) is 0 Å². The Morgan fingerprint density at radius 3 is 2.71 bits per heavy atom. The van der Waals surface area contributed by atoms with Gasteiger partial charge >= 0.3 is 5.97 Å². The summed E-state index contributed by atoms with van der Waals surface area (Å²) in [6.45, 7) is 6.25. The van der Waals surface area contributed by atoms with Gasteiger partial charge in [0.15, 0.2) is 6.10 Å². The Labute approximate surface area is 129 Å². The Bertz CT molecular complexity index is 522. The molecule has 0 spiro atoms. The summed E-state index contributed by atoms with van der Waals surface area (Å²) >= 11 is 1.63. The number of hydrogen-bond acceptors (Lipinski definition) is 4. The molecule has 1 heterocycles. The molecular weight excluding hydrogens is 286 g/mol. The van der Waals surface area contributed by atoms with Gasteiger partial charge in [0.25, 0.3) is 5.91 Å². The van der Waals surface area contributed by atoms with Gasteiger partial charge in [-0.05, 0) is 44.1 Å². The van der Waals surface area contributed by atoms with E-state index >= 15 is 0 Å². The largest absolute Gasteiger partial charge is 0.449 e. The lowest BCUT2D eigenvalue weighted by molar-refractivity contribution is -0.129. The Balaban J connectivity index is 1.95. The first-order valence-corrected chi connectivity index (χ1v) is 8.45. The molecule has 1 aliphatic rings. The molecule has 1 amide bonds. The van der Waals surface area contributed by atoms with E-state index in [4.69, 9.17) is 4.74 Å². The summed E-state index contributed by atoms with van der Waals surface area (Å²) < 4.78 is 5.31. The van der Waals surface area contributed by atoms with Crippen LogP contribution in [0.15, 0.2) is 5.38 Å². The maximum Gasteiger partial charge on any atom is 0.340 e. The summed E-state index contributed by atoms with van der Waals surface area (Å²) in [7, 11) is 0. The quantitative estimate of drug-likeness (QED) is 0.851. The van der Waals surface area contributed by atoms with E-state index in [2.05, 4.69) is 5.32 Å². The molecule has 0 aromatic carbocycles. The van der Waals surface area contributed by atoms with E-state index in [1.54, 1.807) is 18.3 Å². The van der Waals surface area contributed by atoms with Crippen molar-refractivity contribution in [3.8, 4) is 0 Å². The van der Waals surface area contributed by atoms with Gasteiger partial charge in [-0.1, -0.05) is 13.8 Å². The lowest BCUT2D eigenvalue weighted by atomic mass is 9.96. The number of hydrogen-bond donors (Lipinski definition) is 1. The monoisotopic (exact) mass is 309 g/mol. The number of carbonyl (C=O) groups is 2. The molecule has 21 heavy (non-hydrogen) atoms. The molecule has 0 unspecified atom stereocenters. The van der Waals surface area contributed by atoms with Crippen molar-refractivity contribution in [3.05, 3.63) is 21.4 Å². The fourth-order valence-electron chi connectivity index (χ4n) is 2.39. The van der Waals surface area contributed by atoms with Crippen molar-refractivity contribution in [1.29, 1.82) is 0 Å². The minimum atomic E-state index is -0.754. The zero-order valence-corrected chi connectivity index (χ0v) is 13.7. The van der Waals surface area contributed by atoms with Crippen molar-refractivity contribution in [2.24, 2.45) is 5.92 Å². The first-order valence-electron chi connectivity index (χ1n) is 7.57. The Morgan fingerprint density at radius 1 is 1.29 bits per heavy atom. The predicted molar refractivity (Wildman–Crippen MR) is 83.7 cm³/mol. The van der Waals surface area contributed by atoms with E-state index in [1.165, 1.54) is 11.3 Å². The summed E-state index contributed by atoms with van der Waals surface area (Å²) in [6, 6.07) is 0.